The summed E-state index contributed by atoms with van der Waals surface area (Å²) in [5.41, 5.74) is 3.68. The first-order chi connectivity index (χ1) is 25.6. The average Bonchev–Trinajstić information content (AvgIpc) is 3.17. The van der Waals surface area contributed by atoms with Gasteiger partial charge in [-0.25, -0.2) is 9.69 Å². The molecule has 0 bridgehead atoms. The molecule has 0 amide bonds. The van der Waals surface area contributed by atoms with Crippen molar-refractivity contribution in [2.75, 3.05) is 26.2 Å². The highest BCUT2D eigenvalue weighted by atomic mass is 16.5. The fourth-order valence-corrected chi connectivity index (χ4v) is 4.90. The van der Waals surface area contributed by atoms with Crippen LogP contribution in [-0.2, 0) is 4.79 Å². The number of hydrogen-bond donors (Lipinski definition) is 4. The minimum absolute atomic E-state index is 0.209. The Kier molecular flexibility index (Phi) is 9.92. The van der Waals surface area contributed by atoms with Crippen molar-refractivity contribution in [3.8, 4) is 5.75 Å². The van der Waals surface area contributed by atoms with Crippen LogP contribution in [0.15, 0.2) is 158 Å². The van der Waals surface area contributed by atoms with Crippen molar-refractivity contribution in [1.82, 2.24) is 29.9 Å². The van der Waals surface area contributed by atoms with Gasteiger partial charge in [-0.05, 0) is 72.8 Å². The van der Waals surface area contributed by atoms with Gasteiger partial charge < -0.3 is 26.0 Å². The number of nitrogens with one attached hydrogen (secondary N) is 4. The lowest BCUT2D eigenvalue weighted by Crippen LogP contribution is -2.19. The first-order valence-corrected chi connectivity index (χ1v) is 16.1. The molecule has 13 nitrogen and oxygen atoms in total. The van der Waals surface area contributed by atoms with Crippen LogP contribution in [0, 0.1) is 0 Å². The zero-order valence-corrected chi connectivity index (χ0v) is 27.6. The van der Waals surface area contributed by atoms with Gasteiger partial charge in [0, 0.05) is 28.8 Å². The van der Waals surface area contributed by atoms with E-state index in [1.54, 1.807) is 29.2 Å². The smallest absolute Gasteiger partial charge is 0.335 e. The molecule has 0 saturated heterocycles. The van der Waals surface area contributed by atoms with Gasteiger partial charge in [-0.2, -0.15) is 29.9 Å². The molecule has 0 atom stereocenters. The number of benzene rings is 5. The van der Waals surface area contributed by atoms with Gasteiger partial charge in [0.15, 0.2) is 0 Å². The van der Waals surface area contributed by atoms with E-state index in [1.165, 1.54) is 0 Å². The number of hydrogen-bond acceptors (Lipinski definition) is 13. The number of carbonyl (C=O) groups excluding carboxylic acids is 1. The molecule has 0 fully saturated rings. The predicted octanol–water partition coefficient (Wildman–Crippen LogP) is 8.59. The topological polar surface area (TPSA) is 155 Å². The van der Waals surface area contributed by atoms with Crippen LogP contribution in [0.4, 0.5) is 64.1 Å². The summed E-state index contributed by atoms with van der Waals surface area (Å²) < 4.78 is 5.23. The number of rotatable bonds is 13. The van der Waals surface area contributed by atoms with Crippen LogP contribution in [0.1, 0.15) is 0 Å². The van der Waals surface area contributed by atoms with E-state index in [-0.39, 0.29) is 23.8 Å². The molecule has 0 aliphatic heterocycles. The van der Waals surface area contributed by atoms with Crippen LogP contribution in [0.2, 0.25) is 0 Å². The zero-order chi connectivity index (χ0) is 35.5. The standard InChI is InChI=1S/C39H31N11O2/c1-2-33(51)52-32-25-23-30(24-26-32)43-37-45-36(42-29-19-11-5-12-20-29)48-39(49-37)50(31-21-13-6-14-22-31)38-46-34(40-27-15-7-3-8-16-27)44-35(47-38)41-28-17-9-4-10-18-28/h2-26H,1H2,(H2,40,41,44,46,47)(H2,42,43,45,48,49). The molecular formula is C39H31N11O2. The Morgan fingerprint density at radius 1 is 0.481 bits per heavy atom. The summed E-state index contributed by atoms with van der Waals surface area (Å²) in [7, 11) is 0. The summed E-state index contributed by atoms with van der Waals surface area (Å²) >= 11 is 0. The lowest BCUT2D eigenvalue weighted by molar-refractivity contribution is -0.128. The van der Waals surface area contributed by atoms with E-state index in [4.69, 9.17) is 24.7 Å². The lowest BCUT2D eigenvalue weighted by atomic mass is 10.3. The maximum Gasteiger partial charge on any atom is 0.335 e. The summed E-state index contributed by atoms with van der Waals surface area (Å²) in [5, 5.41) is 13.1. The van der Waals surface area contributed by atoms with Crippen LogP contribution in [-0.4, -0.2) is 35.9 Å². The molecule has 52 heavy (non-hydrogen) atoms. The Hall–Kier alpha value is -7.67. The second-order valence-electron chi connectivity index (χ2n) is 11.0. The van der Waals surface area contributed by atoms with Crippen LogP contribution in [0.25, 0.3) is 0 Å². The average molecular weight is 686 g/mol. The van der Waals surface area contributed by atoms with Gasteiger partial charge in [0.1, 0.15) is 5.75 Å². The predicted molar refractivity (Wildman–Crippen MR) is 203 cm³/mol. The molecule has 0 aliphatic carbocycles. The van der Waals surface area contributed by atoms with Crippen LogP contribution >= 0.6 is 0 Å². The summed E-state index contributed by atoms with van der Waals surface area (Å²) in [4.78, 5) is 42.2. The normalized spacial score (nSPS) is 10.5. The van der Waals surface area contributed by atoms with E-state index >= 15 is 0 Å². The van der Waals surface area contributed by atoms with Crippen molar-refractivity contribution in [2.24, 2.45) is 0 Å². The maximum absolute atomic E-state index is 11.7. The number of anilines is 11. The third-order valence-electron chi connectivity index (χ3n) is 7.25. The van der Waals surface area contributed by atoms with Gasteiger partial charge in [-0.15, -0.1) is 0 Å². The summed E-state index contributed by atoms with van der Waals surface area (Å²) in [6, 6.07) is 45.1. The Morgan fingerprint density at radius 3 is 1.19 bits per heavy atom. The van der Waals surface area contributed by atoms with Gasteiger partial charge >= 0.3 is 5.97 Å². The molecule has 13 heteroatoms. The second kappa shape index (κ2) is 15.7. The second-order valence-corrected chi connectivity index (χ2v) is 11.0. The van der Waals surface area contributed by atoms with Gasteiger partial charge in [-0.3, -0.25) is 0 Å². The third-order valence-corrected chi connectivity index (χ3v) is 7.25. The molecule has 5 aromatic carbocycles. The first-order valence-electron chi connectivity index (χ1n) is 16.1. The Morgan fingerprint density at radius 2 is 0.827 bits per heavy atom. The van der Waals surface area contributed by atoms with Crippen molar-refractivity contribution in [2.45, 2.75) is 0 Å². The first kappa shape index (κ1) is 32.9. The highest BCUT2D eigenvalue weighted by molar-refractivity contribution is 5.83. The Balaban J connectivity index is 1.33. The van der Waals surface area contributed by atoms with E-state index in [9.17, 15) is 4.79 Å². The van der Waals surface area contributed by atoms with E-state index in [0.717, 1.165) is 23.1 Å². The number of esters is 1. The molecule has 2 aromatic heterocycles. The van der Waals surface area contributed by atoms with Crippen molar-refractivity contribution in [3.05, 3.63) is 158 Å². The van der Waals surface area contributed by atoms with Gasteiger partial charge in [-0.1, -0.05) is 79.4 Å². The lowest BCUT2D eigenvalue weighted by Gasteiger charge is -2.23. The number of nitrogens with zero attached hydrogens (tertiary/aromatic N) is 7. The van der Waals surface area contributed by atoms with Gasteiger partial charge in [0.25, 0.3) is 0 Å². The molecule has 0 saturated carbocycles. The fraction of sp³-hybridized carbons (Fsp3) is 0. The molecule has 0 unspecified atom stereocenters. The number of aromatic nitrogens is 6. The summed E-state index contributed by atoms with van der Waals surface area (Å²) in [6.07, 6.45) is 1.10. The molecule has 2 heterocycles. The van der Waals surface area contributed by atoms with Crippen LogP contribution < -0.4 is 30.9 Å². The monoisotopic (exact) mass is 685 g/mol. The molecule has 0 radical (unpaired) electrons. The molecule has 7 rings (SSSR count). The number of para-hydroxylation sites is 4. The quantitative estimate of drug-likeness (QED) is 0.0521. The minimum Gasteiger partial charge on any atom is -0.423 e. The third kappa shape index (κ3) is 8.48. The van der Waals surface area contributed by atoms with Crippen molar-refractivity contribution in [1.29, 1.82) is 0 Å². The van der Waals surface area contributed by atoms with Crippen molar-refractivity contribution >= 4 is 70.1 Å². The summed E-state index contributed by atoms with van der Waals surface area (Å²) in [5.74, 6) is 1.32. The number of carbonyl (C=O) groups is 1. The maximum atomic E-state index is 11.7. The summed E-state index contributed by atoms with van der Waals surface area (Å²) in [6.45, 7) is 3.44. The number of ether oxygens (including phenoxy) is 1. The molecule has 0 aliphatic rings. The largest absolute Gasteiger partial charge is 0.423 e. The van der Waals surface area contributed by atoms with Crippen LogP contribution in [0.3, 0.4) is 0 Å². The SMILES string of the molecule is C=CC(=O)Oc1ccc(Nc2nc(Nc3ccccc3)nc(N(c3ccccc3)c3nc(Nc4ccccc4)nc(Nc4ccccc4)n3)n2)cc1. The highest BCUT2D eigenvalue weighted by Gasteiger charge is 2.23. The van der Waals surface area contributed by atoms with E-state index < -0.39 is 5.97 Å². The molecule has 4 N–H and O–H groups in total. The molecule has 7 aromatic rings. The van der Waals surface area contributed by atoms with Gasteiger partial charge in [0.2, 0.25) is 35.7 Å². The molecular weight excluding hydrogens is 655 g/mol. The highest BCUT2D eigenvalue weighted by Crippen LogP contribution is 2.33. The van der Waals surface area contributed by atoms with Crippen LogP contribution in [0.5, 0.6) is 5.75 Å². The van der Waals surface area contributed by atoms with Crippen molar-refractivity contribution in [3.63, 3.8) is 0 Å². The fourth-order valence-electron chi connectivity index (χ4n) is 4.90. The molecule has 0 spiro atoms. The Labute approximate surface area is 299 Å². The van der Waals surface area contributed by atoms with Crippen molar-refractivity contribution < 1.29 is 9.53 Å². The Bertz CT molecular complexity index is 2200. The van der Waals surface area contributed by atoms with E-state index in [2.05, 4.69) is 37.8 Å². The van der Waals surface area contributed by atoms with E-state index in [0.29, 0.717) is 29.0 Å². The minimum atomic E-state index is -0.553. The molecule has 254 valence electrons. The zero-order valence-electron chi connectivity index (χ0n) is 27.6. The van der Waals surface area contributed by atoms with E-state index in [1.807, 2.05) is 121 Å². The van der Waals surface area contributed by atoms with Gasteiger partial charge in [0.05, 0.1) is 5.69 Å².